The second-order valence-corrected chi connectivity index (χ2v) is 5.75. The zero-order chi connectivity index (χ0) is 15.7. The summed E-state index contributed by atoms with van der Waals surface area (Å²) < 4.78 is 12.9. The highest BCUT2D eigenvalue weighted by Crippen LogP contribution is 2.38. The van der Waals surface area contributed by atoms with Crippen LogP contribution in [0.5, 0.6) is 5.75 Å². The largest absolute Gasteiger partial charge is 0.486 e. The number of nitrogens with zero attached hydrogens (tertiary/aromatic N) is 1. The van der Waals surface area contributed by atoms with E-state index < -0.39 is 0 Å². The molecule has 0 radical (unpaired) electrons. The minimum atomic E-state index is -0.119. The summed E-state index contributed by atoms with van der Waals surface area (Å²) in [6, 6.07) is 5.52. The van der Waals surface area contributed by atoms with Crippen LogP contribution in [0, 0.1) is 0 Å². The maximum atomic E-state index is 12.4. The molecular formula is C16H19ClN2O3. The van der Waals surface area contributed by atoms with E-state index in [1.807, 2.05) is 22.8 Å². The summed E-state index contributed by atoms with van der Waals surface area (Å²) in [6.45, 7) is 3.69. The van der Waals surface area contributed by atoms with Crippen LogP contribution in [0.25, 0.3) is 10.9 Å². The molecule has 1 aliphatic heterocycles. The summed E-state index contributed by atoms with van der Waals surface area (Å²) in [6.07, 6.45) is 0.946. The number of rotatable bonds is 5. The Morgan fingerprint density at radius 1 is 1.55 bits per heavy atom. The lowest BCUT2D eigenvalue weighted by atomic mass is 10.2. The third kappa shape index (κ3) is 2.55. The van der Waals surface area contributed by atoms with Gasteiger partial charge in [0.25, 0.3) is 5.91 Å². The van der Waals surface area contributed by atoms with Gasteiger partial charge < -0.3 is 19.4 Å². The molecular weight excluding hydrogens is 304 g/mol. The Bertz CT molecular complexity index is 711. The maximum absolute atomic E-state index is 12.4. The number of benzene rings is 1. The van der Waals surface area contributed by atoms with Gasteiger partial charge in [-0.2, -0.15) is 0 Å². The van der Waals surface area contributed by atoms with Crippen molar-refractivity contribution in [2.45, 2.75) is 26.0 Å². The fourth-order valence-electron chi connectivity index (χ4n) is 2.78. The van der Waals surface area contributed by atoms with Crippen LogP contribution in [0.3, 0.4) is 0 Å². The van der Waals surface area contributed by atoms with Crippen LogP contribution in [-0.4, -0.2) is 36.8 Å². The van der Waals surface area contributed by atoms with Crippen molar-refractivity contribution in [2.75, 3.05) is 20.3 Å². The zero-order valence-electron chi connectivity index (χ0n) is 12.7. The van der Waals surface area contributed by atoms with Crippen molar-refractivity contribution in [3.8, 4) is 5.75 Å². The van der Waals surface area contributed by atoms with Gasteiger partial charge in [-0.1, -0.05) is 18.5 Å². The topological polar surface area (TPSA) is 52.5 Å². The fraction of sp³-hybridized carbons (Fsp3) is 0.438. The second-order valence-electron chi connectivity index (χ2n) is 5.34. The van der Waals surface area contributed by atoms with Gasteiger partial charge in [0.2, 0.25) is 0 Å². The van der Waals surface area contributed by atoms with Crippen molar-refractivity contribution >= 4 is 28.4 Å². The van der Waals surface area contributed by atoms with Crippen LogP contribution in [0.2, 0.25) is 5.02 Å². The third-order valence-corrected chi connectivity index (χ3v) is 4.26. The number of halogens is 1. The molecule has 2 heterocycles. The van der Waals surface area contributed by atoms with Crippen LogP contribution < -0.4 is 10.1 Å². The van der Waals surface area contributed by atoms with Crippen LogP contribution >= 0.6 is 11.6 Å². The summed E-state index contributed by atoms with van der Waals surface area (Å²) in [5.74, 6) is 0.667. The SMILES string of the molecule is CC[C@@H]1Cn2c(C(=O)NCCOC)cc3c(Cl)ccc(c32)O1. The number of amides is 1. The number of ether oxygens (including phenoxy) is 2. The number of nitrogens with one attached hydrogen (secondary N) is 1. The normalized spacial score (nSPS) is 16.6. The van der Waals surface area contributed by atoms with Crippen LogP contribution in [0.4, 0.5) is 0 Å². The molecule has 0 bridgehead atoms. The summed E-state index contributed by atoms with van der Waals surface area (Å²) in [5.41, 5.74) is 1.51. The van der Waals surface area contributed by atoms with Gasteiger partial charge in [-0.05, 0) is 24.6 Å². The third-order valence-electron chi connectivity index (χ3n) is 3.93. The highest BCUT2D eigenvalue weighted by Gasteiger charge is 2.26. The van der Waals surface area contributed by atoms with E-state index in [1.54, 1.807) is 7.11 Å². The maximum Gasteiger partial charge on any atom is 0.268 e. The Morgan fingerprint density at radius 3 is 3.09 bits per heavy atom. The molecule has 118 valence electrons. The predicted octanol–water partition coefficient (Wildman–Crippen LogP) is 2.84. The molecule has 1 amide bonds. The van der Waals surface area contributed by atoms with Gasteiger partial charge >= 0.3 is 0 Å². The summed E-state index contributed by atoms with van der Waals surface area (Å²) in [4.78, 5) is 12.4. The molecule has 1 aromatic carbocycles. The first-order chi connectivity index (χ1) is 10.7. The Morgan fingerprint density at radius 2 is 2.36 bits per heavy atom. The molecule has 2 aromatic rings. The average Bonchev–Trinajstić information content (AvgIpc) is 2.92. The van der Waals surface area contributed by atoms with Crippen LogP contribution in [-0.2, 0) is 11.3 Å². The Balaban J connectivity index is 2.03. The number of hydrogen-bond acceptors (Lipinski definition) is 3. The number of aromatic nitrogens is 1. The van der Waals surface area contributed by atoms with Crippen molar-refractivity contribution in [3.05, 3.63) is 28.9 Å². The smallest absolute Gasteiger partial charge is 0.268 e. The van der Waals surface area contributed by atoms with Crippen molar-refractivity contribution in [1.29, 1.82) is 0 Å². The molecule has 5 nitrogen and oxygen atoms in total. The van der Waals surface area contributed by atoms with Gasteiger partial charge in [0.05, 0.1) is 23.7 Å². The van der Waals surface area contributed by atoms with E-state index in [0.717, 1.165) is 23.1 Å². The van der Waals surface area contributed by atoms with Crippen molar-refractivity contribution in [2.24, 2.45) is 0 Å². The fourth-order valence-corrected chi connectivity index (χ4v) is 2.98. The van der Waals surface area contributed by atoms with Gasteiger partial charge in [0, 0.05) is 19.0 Å². The van der Waals surface area contributed by atoms with E-state index in [2.05, 4.69) is 12.2 Å². The van der Waals surface area contributed by atoms with Crippen molar-refractivity contribution < 1.29 is 14.3 Å². The number of methoxy groups -OCH3 is 1. The van der Waals surface area contributed by atoms with Crippen LogP contribution in [0.1, 0.15) is 23.8 Å². The zero-order valence-corrected chi connectivity index (χ0v) is 13.4. The first-order valence-corrected chi connectivity index (χ1v) is 7.79. The average molecular weight is 323 g/mol. The standard InChI is InChI=1S/C16H19ClN2O3/c1-3-10-9-19-13(16(20)18-6-7-21-2)8-11-12(17)4-5-14(22-10)15(11)19/h4-5,8,10H,3,6-7,9H2,1-2H3,(H,18,20)/t10-/m1/s1. The van der Waals surface area contributed by atoms with E-state index in [0.29, 0.717) is 30.4 Å². The first kappa shape index (κ1) is 15.2. The molecule has 1 aliphatic rings. The lowest BCUT2D eigenvalue weighted by Crippen LogP contribution is -2.32. The first-order valence-electron chi connectivity index (χ1n) is 7.41. The molecule has 1 N–H and O–H groups in total. The summed E-state index contributed by atoms with van der Waals surface area (Å²) in [5, 5.41) is 4.34. The highest BCUT2D eigenvalue weighted by atomic mass is 35.5. The molecule has 0 saturated carbocycles. The van der Waals surface area contributed by atoms with E-state index in [9.17, 15) is 4.79 Å². The quantitative estimate of drug-likeness (QED) is 0.861. The van der Waals surface area contributed by atoms with E-state index in [-0.39, 0.29) is 12.0 Å². The molecule has 1 atom stereocenters. The Hall–Kier alpha value is -1.72. The Kier molecular flexibility index (Phi) is 4.27. The lowest BCUT2D eigenvalue weighted by Gasteiger charge is -2.26. The van der Waals surface area contributed by atoms with Gasteiger partial charge in [-0.3, -0.25) is 4.79 Å². The van der Waals surface area contributed by atoms with Gasteiger partial charge in [0.15, 0.2) is 0 Å². The molecule has 0 fully saturated rings. The van der Waals surface area contributed by atoms with Gasteiger partial charge in [-0.15, -0.1) is 0 Å². The van der Waals surface area contributed by atoms with E-state index >= 15 is 0 Å². The number of carbonyl (C=O) groups excluding carboxylic acids is 1. The minimum absolute atomic E-state index is 0.0646. The van der Waals surface area contributed by atoms with Crippen LogP contribution in [0.15, 0.2) is 18.2 Å². The molecule has 6 heteroatoms. The highest BCUT2D eigenvalue weighted by molar-refractivity contribution is 6.36. The molecule has 22 heavy (non-hydrogen) atoms. The molecule has 0 aliphatic carbocycles. The molecule has 3 rings (SSSR count). The molecule has 1 aromatic heterocycles. The number of carbonyl (C=O) groups is 1. The molecule has 0 spiro atoms. The Labute approximate surface area is 134 Å². The van der Waals surface area contributed by atoms with Gasteiger partial charge in [-0.25, -0.2) is 0 Å². The number of hydrogen-bond donors (Lipinski definition) is 1. The monoisotopic (exact) mass is 322 g/mol. The summed E-state index contributed by atoms with van der Waals surface area (Å²) >= 11 is 6.28. The predicted molar refractivity (Wildman–Crippen MR) is 85.9 cm³/mol. The van der Waals surface area contributed by atoms with E-state index in [4.69, 9.17) is 21.1 Å². The minimum Gasteiger partial charge on any atom is -0.486 e. The molecule has 0 saturated heterocycles. The second kappa shape index (κ2) is 6.18. The van der Waals surface area contributed by atoms with Crippen molar-refractivity contribution in [3.63, 3.8) is 0 Å². The molecule has 0 unspecified atom stereocenters. The summed E-state index contributed by atoms with van der Waals surface area (Å²) in [7, 11) is 1.61. The van der Waals surface area contributed by atoms with Crippen molar-refractivity contribution in [1.82, 2.24) is 9.88 Å². The van der Waals surface area contributed by atoms with Gasteiger partial charge in [0.1, 0.15) is 17.5 Å². The lowest BCUT2D eigenvalue weighted by molar-refractivity contribution is 0.0921. The van der Waals surface area contributed by atoms with E-state index in [1.165, 1.54) is 0 Å².